The van der Waals surface area contributed by atoms with Gasteiger partial charge in [-0.2, -0.15) is 0 Å². The van der Waals surface area contributed by atoms with E-state index in [0.29, 0.717) is 49.0 Å². The molecule has 1 aromatic carbocycles. The van der Waals surface area contributed by atoms with Crippen LogP contribution in [0, 0.1) is 6.92 Å². The van der Waals surface area contributed by atoms with Gasteiger partial charge in [0.05, 0.1) is 23.1 Å². The first-order valence-corrected chi connectivity index (χ1v) is 12.4. The lowest BCUT2D eigenvalue weighted by Gasteiger charge is -2.10. The Morgan fingerprint density at radius 1 is 1.24 bits per heavy atom. The summed E-state index contributed by atoms with van der Waals surface area (Å²) in [4.78, 5) is 28.9. The lowest BCUT2D eigenvalue weighted by atomic mass is 10.3. The Hall–Kier alpha value is -2.34. The van der Waals surface area contributed by atoms with Gasteiger partial charge in [-0.25, -0.2) is 9.78 Å². The molecule has 0 saturated heterocycles. The summed E-state index contributed by atoms with van der Waals surface area (Å²) in [6.45, 7) is 6.37. The van der Waals surface area contributed by atoms with Crippen molar-refractivity contribution in [2.75, 3.05) is 17.7 Å². The highest BCUT2D eigenvalue weighted by Gasteiger charge is 2.19. The molecule has 0 atom stereocenters. The van der Waals surface area contributed by atoms with Crippen molar-refractivity contribution in [3.8, 4) is 5.75 Å². The summed E-state index contributed by atoms with van der Waals surface area (Å²) < 4.78 is 12.6. The summed E-state index contributed by atoms with van der Waals surface area (Å²) in [7, 11) is 0. The van der Waals surface area contributed by atoms with Crippen LogP contribution >= 0.6 is 46.3 Å². The van der Waals surface area contributed by atoms with Crippen LogP contribution in [0.3, 0.4) is 0 Å². The zero-order valence-corrected chi connectivity index (χ0v) is 21.2. The zero-order chi connectivity index (χ0) is 24.0. The minimum absolute atomic E-state index is 0.0898. The Bertz CT molecular complexity index is 1150. The molecule has 3 aromatic rings. The quantitative estimate of drug-likeness (QED) is 0.293. The van der Waals surface area contributed by atoms with Crippen molar-refractivity contribution in [1.29, 1.82) is 0 Å². The Kier molecular flexibility index (Phi) is 8.95. The summed E-state index contributed by atoms with van der Waals surface area (Å²) in [6.07, 6.45) is 0. The summed E-state index contributed by atoms with van der Waals surface area (Å²) in [5.41, 5.74) is 0.511. The average Bonchev–Trinajstić information content (AvgIpc) is 3.35. The van der Waals surface area contributed by atoms with Gasteiger partial charge in [-0.05, 0) is 32.9 Å². The molecule has 0 spiro atoms. The molecule has 0 aliphatic carbocycles. The van der Waals surface area contributed by atoms with E-state index in [2.05, 4.69) is 20.5 Å². The van der Waals surface area contributed by atoms with Crippen LogP contribution in [0.4, 0.5) is 5.13 Å². The number of ether oxygens (including phenoxy) is 2. The molecule has 0 aliphatic heterocycles. The molecule has 176 valence electrons. The number of rotatable bonds is 10. The summed E-state index contributed by atoms with van der Waals surface area (Å²) in [5, 5.41) is 12.9. The molecule has 2 aromatic heterocycles. The monoisotopic (exact) mass is 529 g/mol. The molecule has 2 heterocycles. The maximum atomic E-state index is 12.4. The predicted octanol–water partition coefficient (Wildman–Crippen LogP) is 4.86. The SMILES string of the molecule is CCOC(=O)c1sc(NC(=O)CSc2nnc(COc3cc(Cl)ccc3Cl)n2CC)nc1C. The number of amides is 1. The number of benzene rings is 1. The molecule has 9 nitrogen and oxygen atoms in total. The highest BCUT2D eigenvalue weighted by molar-refractivity contribution is 7.99. The van der Waals surface area contributed by atoms with Gasteiger partial charge in [0.25, 0.3) is 0 Å². The second-order valence-electron chi connectivity index (χ2n) is 6.50. The van der Waals surface area contributed by atoms with Gasteiger partial charge < -0.3 is 19.4 Å². The first-order valence-electron chi connectivity index (χ1n) is 9.89. The zero-order valence-electron chi connectivity index (χ0n) is 18.1. The Morgan fingerprint density at radius 3 is 2.76 bits per heavy atom. The van der Waals surface area contributed by atoms with Crippen molar-refractivity contribution >= 4 is 63.3 Å². The van der Waals surface area contributed by atoms with Gasteiger partial charge in [0.15, 0.2) is 16.1 Å². The largest absolute Gasteiger partial charge is 0.484 e. The number of halogens is 2. The molecule has 3 rings (SSSR count). The fourth-order valence-electron chi connectivity index (χ4n) is 2.70. The highest BCUT2D eigenvalue weighted by Crippen LogP contribution is 2.29. The van der Waals surface area contributed by atoms with E-state index in [1.807, 2.05) is 11.5 Å². The normalized spacial score (nSPS) is 10.8. The summed E-state index contributed by atoms with van der Waals surface area (Å²) >= 11 is 14.4. The van der Waals surface area contributed by atoms with Crippen LogP contribution < -0.4 is 10.1 Å². The first kappa shape index (κ1) is 25.3. The van der Waals surface area contributed by atoms with Crippen LogP contribution in [0.25, 0.3) is 0 Å². The highest BCUT2D eigenvalue weighted by atomic mass is 35.5. The van der Waals surface area contributed by atoms with E-state index >= 15 is 0 Å². The number of hydrogen-bond donors (Lipinski definition) is 1. The number of carbonyl (C=O) groups is 2. The first-order chi connectivity index (χ1) is 15.8. The van der Waals surface area contributed by atoms with Crippen LogP contribution in [-0.4, -0.2) is 44.0 Å². The third-order valence-electron chi connectivity index (χ3n) is 4.20. The number of esters is 1. The second-order valence-corrected chi connectivity index (χ2v) is 9.28. The van der Waals surface area contributed by atoms with Crippen LogP contribution in [0.2, 0.25) is 10.0 Å². The number of carbonyl (C=O) groups excluding carboxylic acids is 2. The standard InChI is InChI=1S/C20H21Cl2N5O4S2/c1-4-27-15(9-31-14-8-12(21)6-7-13(14)22)25-26-20(27)32-10-16(28)24-19-23-11(3)17(33-19)18(29)30-5-2/h6-8H,4-5,9-10H2,1-3H3,(H,23,24,28). The van der Waals surface area contributed by atoms with Gasteiger partial charge in [-0.3, -0.25) is 4.79 Å². The van der Waals surface area contributed by atoms with Crippen LogP contribution in [-0.2, 0) is 22.7 Å². The number of nitrogens with one attached hydrogen (secondary N) is 1. The van der Waals surface area contributed by atoms with Crippen molar-refractivity contribution in [2.45, 2.75) is 39.1 Å². The molecular weight excluding hydrogens is 509 g/mol. The number of thiazole rings is 1. The smallest absolute Gasteiger partial charge is 0.350 e. The summed E-state index contributed by atoms with van der Waals surface area (Å²) in [6, 6.07) is 4.96. The average molecular weight is 530 g/mol. The molecule has 0 fully saturated rings. The molecule has 1 N–H and O–H groups in total. The molecule has 1 amide bonds. The number of anilines is 1. The molecule has 13 heteroatoms. The fourth-order valence-corrected chi connectivity index (χ4v) is 4.73. The maximum Gasteiger partial charge on any atom is 0.350 e. The van der Waals surface area contributed by atoms with E-state index in [9.17, 15) is 9.59 Å². The number of hydrogen-bond acceptors (Lipinski definition) is 9. The van der Waals surface area contributed by atoms with E-state index in [0.717, 1.165) is 11.3 Å². The molecule has 0 unspecified atom stereocenters. The van der Waals surface area contributed by atoms with Crippen molar-refractivity contribution in [2.24, 2.45) is 0 Å². The summed E-state index contributed by atoms with van der Waals surface area (Å²) in [5.74, 6) is 0.396. The molecule has 0 aliphatic rings. The van der Waals surface area contributed by atoms with Crippen molar-refractivity contribution < 1.29 is 19.1 Å². The van der Waals surface area contributed by atoms with Crippen molar-refractivity contribution in [1.82, 2.24) is 19.7 Å². The topological polar surface area (TPSA) is 108 Å². The number of thioether (sulfide) groups is 1. The molecule has 0 radical (unpaired) electrons. The predicted molar refractivity (Wildman–Crippen MR) is 129 cm³/mol. The Labute approximate surface area is 208 Å². The van der Waals surface area contributed by atoms with Gasteiger partial charge in [0.1, 0.15) is 17.2 Å². The molecule has 33 heavy (non-hydrogen) atoms. The molecule has 0 bridgehead atoms. The van der Waals surface area contributed by atoms with E-state index in [1.165, 1.54) is 11.8 Å². The van der Waals surface area contributed by atoms with Crippen molar-refractivity contribution in [3.63, 3.8) is 0 Å². The second kappa shape index (κ2) is 11.7. The van der Waals surface area contributed by atoms with Gasteiger partial charge in [-0.1, -0.05) is 46.3 Å². The number of nitrogens with zero attached hydrogens (tertiary/aromatic N) is 4. The minimum atomic E-state index is -0.452. The van der Waals surface area contributed by atoms with E-state index in [-0.39, 0.29) is 24.9 Å². The van der Waals surface area contributed by atoms with Gasteiger partial charge >= 0.3 is 5.97 Å². The lowest BCUT2D eigenvalue weighted by molar-refractivity contribution is -0.113. The lowest BCUT2D eigenvalue weighted by Crippen LogP contribution is -2.14. The van der Waals surface area contributed by atoms with Crippen LogP contribution in [0.5, 0.6) is 5.75 Å². The Balaban J connectivity index is 1.58. The molecule has 0 saturated carbocycles. The third kappa shape index (κ3) is 6.59. The number of aryl methyl sites for hydroxylation is 1. The van der Waals surface area contributed by atoms with Crippen LogP contribution in [0.15, 0.2) is 23.4 Å². The maximum absolute atomic E-state index is 12.4. The fraction of sp³-hybridized carbons (Fsp3) is 0.350. The third-order valence-corrected chi connectivity index (χ3v) is 6.76. The molecular formula is C20H21Cl2N5O4S2. The van der Waals surface area contributed by atoms with Gasteiger partial charge in [-0.15, -0.1) is 10.2 Å². The number of aromatic nitrogens is 4. The van der Waals surface area contributed by atoms with E-state index < -0.39 is 5.97 Å². The van der Waals surface area contributed by atoms with Crippen molar-refractivity contribution in [3.05, 3.63) is 44.6 Å². The van der Waals surface area contributed by atoms with Gasteiger partial charge in [0.2, 0.25) is 5.91 Å². The minimum Gasteiger partial charge on any atom is -0.484 e. The van der Waals surface area contributed by atoms with E-state index in [1.54, 1.807) is 32.0 Å². The van der Waals surface area contributed by atoms with Crippen LogP contribution in [0.1, 0.15) is 35.0 Å². The van der Waals surface area contributed by atoms with E-state index in [4.69, 9.17) is 32.7 Å². The Morgan fingerprint density at radius 2 is 2.03 bits per heavy atom. The van der Waals surface area contributed by atoms with Gasteiger partial charge in [0, 0.05) is 17.6 Å².